The summed E-state index contributed by atoms with van der Waals surface area (Å²) in [6.07, 6.45) is 6.35. The molecular weight excluding hydrogens is 441 g/mol. The molecule has 9 nitrogen and oxygen atoms in total. The van der Waals surface area contributed by atoms with Gasteiger partial charge in [-0.05, 0) is 43.9 Å². The largest absolute Gasteiger partial charge is 0.354 e. The number of urea groups is 1. The fraction of sp³-hybridized carbons (Fsp3) is 0.583. The molecule has 2 heterocycles. The molecule has 2 aliphatic heterocycles. The van der Waals surface area contributed by atoms with E-state index < -0.39 is 29.7 Å². The van der Waals surface area contributed by atoms with Crippen molar-refractivity contribution >= 4 is 23.8 Å². The van der Waals surface area contributed by atoms with E-state index in [9.17, 15) is 23.6 Å². The van der Waals surface area contributed by atoms with Crippen LogP contribution in [0.2, 0.25) is 0 Å². The normalized spacial score (nSPS) is 23.7. The van der Waals surface area contributed by atoms with Gasteiger partial charge in [0, 0.05) is 31.2 Å². The molecular formula is C24H32FN5O4. The smallest absolute Gasteiger partial charge is 0.318 e. The first-order valence-electron chi connectivity index (χ1n) is 12.1. The maximum Gasteiger partial charge on any atom is 0.318 e. The minimum absolute atomic E-state index is 0.0341. The Morgan fingerprint density at radius 1 is 1.00 bits per heavy atom. The molecule has 1 aliphatic carbocycles. The fourth-order valence-electron chi connectivity index (χ4n) is 4.92. The molecule has 3 fully saturated rings. The van der Waals surface area contributed by atoms with E-state index in [1.807, 2.05) is 0 Å². The lowest BCUT2D eigenvalue weighted by molar-refractivity contribution is -0.133. The summed E-state index contributed by atoms with van der Waals surface area (Å²) in [6, 6.07) is 3.52. The molecule has 0 aromatic heterocycles. The number of hydrogen-bond donors (Lipinski definition) is 3. The van der Waals surface area contributed by atoms with E-state index in [0.29, 0.717) is 13.0 Å². The van der Waals surface area contributed by atoms with Gasteiger partial charge in [-0.25, -0.2) is 9.18 Å². The van der Waals surface area contributed by atoms with Crippen molar-refractivity contribution in [2.45, 2.75) is 63.1 Å². The molecule has 0 unspecified atom stereocenters. The standard InChI is InChI=1S/C24H32FN5O4/c25-17-7-4-6-16(14-17)23(33)29-12-13-30(24(34)27-18-8-2-1-3-9-18)20(15-29)22(32)28-19-10-5-11-26-21(19)31/h4,6-7,14,18-20H,1-3,5,8-13,15H2,(H,26,31)(H,27,34)(H,28,32)/t19-,20+/m0/s1. The number of carbonyl (C=O) groups is 4. The minimum atomic E-state index is -0.954. The van der Waals surface area contributed by atoms with Gasteiger partial charge < -0.3 is 25.8 Å². The third-order valence-corrected chi connectivity index (χ3v) is 6.84. The summed E-state index contributed by atoms with van der Waals surface area (Å²) in [5.41, 5.74) is 0.186. The summed E-state index contributed by atoms with van der Waals surface area (Å²) in [5.74, 6) is -1.65. The van der Waals surface area contributed by atoms with Crippen molar-refractivity contribution in [1.29, 1.82) is 0 Å². The highest BCUT2D eigenvalue weighted by Crippen LogP contribution is 2.20. The van der Waals surface area contributed by atoms with Crippen LogP contribution in [0.4, 0.5) is 9.18 Å². The van der Waals surface area contributed by atoms with Crippen molar-refractivity contribution in [3.63, 3.8) is 0 Å². The second-order valence-corrected chi connectivity index (χ2v) is 9.25. The number of piperidine rings is 1. The third kappa shape index (κ3) is 5.66. The Bertz CT molecular complexity index is 936. The van der Waals surface area contributed by atoms with Gasteiger partial charge in [0.05, 0.1) is 6.54 Å². The third-order valence-electron chi connectivity index (χ3n) is 6.84. The molecule has 1 aromatic rings. The maximum atomic E-state index is 13.7. The zero-order chi connectivity index (χ0) is 24.1. The maximum absolute atomic E-state index is 13.7. The number of nitrogens with one attached hydrogen (secondary N) is 3. The van der Waals surface area contributed by atoms with E-state index in [-0.39, 0.29) is 43.2 Å². The highest BCUT2D eigenvalue weighted by Gasteiger charge is 2.39. The van der Waals surface area contributed by atoms with Gasteiger partial charge in [-0.15, -0.1) is 0 Å². The van der Waals surface area contributed by atoms with E-state index >= 15 is 0 Å². The molecule has 184 valence electrons. The van der Waals surface area contributed by atoms with Crippen molar-refractivity contribution in [2.75, 3.05) is 26.2 Å². The van der Waals surface area contributed by atoms with Gasteiger partial charge in [0.15, 0.2) is 0 Å². The molecule has 3 N–H and O–H groups in total. The topological polar surface area (TPSA) is 111 Å². The Hall–Kier alpha value is -3.17. The van der Waals surface area contributed by atoms with Crippen LogP contribution in [0.25, 0.3) is 0 Å². The van der Waals surface area contributed by atoms with Crippen LogP contribution in [-0.4, -0.2) is 77.9 Å². The number of amides is 5. The molecule has 4 rings (SSSR count). The van der Waals surface area contributed by atoms with E-state index in [1.165, 1.54) is 28.0 Å². The molecule has 0 spiro atoms. The molecule has 1 saturated carbocycles. The van der Waals surface area contributed by atoms with Crippen molar-refractivity contribution < 1.29 is 23.6 Å². The van der Waals surface area contributed by atoms with Crippen LogP contribution >= 0.6 is 0 Å². The van der Waals surface area contributed by atoms with Gasteiger partial charge in [-0.1, -0.05) is 25.3 Å². The van der Waals surface area contributed by atoms with Crippen LogP contribution in [0.5, 0.6) is 0 Å². The summed E-state index contributed by atoms with van der Waals surface area (Å²) in [6.45, 7) is 0.920. The Morgan fingerprint density at radius 2 is 1.79 bits per heavy atom. The van der Waals surface area contributed by atoms with Crippen LogP contribution < -0.4 is 16.0 Å². The van der Waals surface area contributed by atoms with Gasteiger partial charge in [0.1, 0.15) is 17.9 Å². The summed E-state index contributed by atoms with van der Waals surface area (Å²) in [7, 11) is 0. The van der Waals surface area contributed by atoms with E-state index in [2.05, 4.69) is 16.0 Å². The first-order chi connectivity index (χ1) is 16.4. The molecule has 1 aromatic carbocycles. The van der Waals surface area contributed by atoms with Crippen molar-refractivity contribution in [3.8, 4) is 0 Å². The number of benzene rings is 1. The highest BCUT2D eigenvalue weighted by atomic mass is 19.1. The lowest BCUT2D eigenvalue weighted by atomic mass is 9.95. The Morgan fingerprint density at radius 3 is 2.53 bits per heavy atom. The first-order valence-corrected chi connectivity index (χ1v) is 12.1. The number of hydrogen-bond acceptors (Lipinski definition) is 4. The number of piperazine rings is 1. The Balaban J connectivity index is 1.49. The molecule has 0 bridgehead atoms. The average molecular weight is 474 g/mol. The lowest BCUT2D eigenvalue weighted by Crippen LogP contribution is -2.65. The van der Waals surface area contributed by atoms with Crippen LogP contribution in [0.1, 0.15) is 55.3 Å². The quantitative estimate of drug-likeness (QED) is 0.614. The second kappa shape index (κ2) is 10.8. The monoisotopic (exact) mass is 473 g/mol. The van der Waals surface area contributed by atoms with Crippen LogP contribution in [0, 0.1) is 5.82 Å². The van der Waals surface area contributed by atoms with Crippen LogP contribution in [-0.2, 0) is 9.59 Å². The molecule has 0 radical (unpaired) electrons. The van der Waals surface area contributed by atoms with Crippen molar-refractivity contribution in [1.82, 2.24) is 25.8 Å². The predicted molar refractivity (Wildman–Crippen MR) is 122 cm³/mol. The summed E-state index contributed by atoms with van der Waals surface area (Å²) < 4.78 is 13.7. The summed E-state index contributed by atoms with van der Waals surface area (Å²) in [5, 5.41) is 8.54. The average Bonchev–Trinajstić information content (AvgIpc) is 2.85. The molecule has 2 atom stereocenters. The molecule has 34 heavy (non-hydrogen) atoms. The molecule has 2 saturated heterocycles. The molecule has 3 aliphatic rings. The minimum Gasteiger partial charge on any atom is -0.354 e. The number of rotatable bonds is 4. The highest BCUT2D eigenvalue weighted by molar-refractivity contribution is 5.96. The predicted octanol–water partition coefficient (Wildman–Crippen LogP) is 1.39. The molecule has 5 amide bonds. The zero-order valence-corrected chi connectivity index (χ0v) is 19.2. The van der Waals surface area contributed by atoms with Gasteiger partial charge >= 0.3 is 6.03 Å². The van der Waals surface area contributed by atoms with E-state index in [1.54, 1.807) is 0 Å². The van der Waals surface area contributed by atoms with Gasteiger partial charge in [0.25, 0.3) is 5.91 Å². The van der Waals surface area contributed by atoms with Gasteiger partial charge in [-0.2, -0.15) is 0 Å². The van der Waals surface area contributed by atoms with Crippen molar-refractivity contribution in [3.05, 3.63) is 35.6 Å². The van der Waals surface area contributed by atoms with Gasteiger partial charge in [0.2, 0.25) is 11.8 Å². The first kappa shape index (κ1) is 24.0. The number of halogens is 1. The van der Waals surface area contributed by atoms with E-state index in [4.69, 9.17) is 0 Å². The van der Waals surface area contributed by atoms with Crippen molar-refractivity contribution in [2.24, 2.45) is 0 Å². The number of nitrogens with zero attached hydrogens (tertiary/aromatic N) is 2. The van der Waals surface area contributed by atoms with Crippen LogP contribution in [0.15, 0.2) is 24.3 Å². The lowest BCUT2D eigenvalue weighted by Gasteiger charge is -2.41. The Kier molecular flexibility index (Phi) is 7.64. The fourth-order valence-corrected chi connectivity index (χ4v) is 4.92. The van der Waals surface area contributed by atoms with E-state index in [0.717, 1.165) is 44.6 Å². The SMILES string of the molecule is O=C1NCCC[C@@H]1NC(=O)[C@H]1CN(C(=O)c2cccc(F)c2)CCN1C(=O)NC1CCCCC1. The number of carbonyl (C=O) groups excluding carboxylic acids is 4. The summed E-state index contributed by atoms with van der Waals surface area (Å²) in [4.78, 5) is 54.5. The van der Waals surface area contributed by atoms with Gasteiger partial charge in [-0.3, -0.25) is 14.4 Å². The summed E-state index contributed by atoms with van der Waals surface area (Å²) >= 11 is 0. The van der Waals surface area contributed by atoms with Crippen LogP contribution in [0.3, 0.4) is 0 Å². The molecule has 10 heteroatoms. The Labute approximate surface area is 198 Å². The second-order valence-electron chi connectivity index (χ2n) is 9.25. The zero-order valence-electron chi connectivity index (χ0n) is 19.2.